The molecule has 160 valence electrons. The van der Waals surface area contributed by atoms with E-state index < -0.39 is 11.9 Å². The molecule has 3 aromatic rings. The molecule has 0 spiro atoms. The number of carbonyl (C=O) groups excluding carboxylic acids is 3. The van der Waals surface area contributed by atoms with E-state index >= 15 is 0 Å². The number of hydrogen-bond acceptors (Lipinski definition) is 4. The number of amides is 3. The normalized spacial score (nSPS) is 15.5. The SMILES string of the molecule is CN(C)C(=O)N1Cc2c(c3ccccc3n2Cc2ccc(C(=O)NO)cc2)CC1C=O. The van der Waals surface area contributed by atoms with Crippen LogP contribution in [0.3, 0.4) is 0 Å². The fraction of sp³-hybridized carbons (Fsp3) is 0.261. The van der Waals surface area contributed by atoms with Crippen molar-refractivity contribution in [1.29, 1.82) is 0 Å². The van der Waals surface area contributed by atoms with Gasteiger partial charge in [-0.15, -0.1) is 0 Å². The van der Waals surface area contributed by atoms with E-state index in [0.717, 1.165) is 34.0 Å². The van der Waals surface area contributed by atoms with Gasteiger partial charge in [0.25, 0.3) is 5.91 Å². The number of fused-ring (bicyclic) bond motifs is 3. The maximum atomic E-state index is 12.7. The van der Waals surface area contributed by atoms with Gasteiger partial charge in [-0.2, -0.15) is 0 Å². The molecule has 4 rings (SSSR count). The van der Waals surface area contributed by atoms with Crippen molar-refractivity contribution in [2.75, 3.05) is 14.1 Å². The predicted octanol–water partition coefficient (Wildman–Crippen LogP) is 2.42. The second kappa shape index (κ2) is 8.23. The number of benzene rings is 2. The Labute approximate surface area is 179 Å². The van der Waals surface area contributed by atoms with Crippen molar-refractivity contribution in [2.45, 2.75) is 25.6 Å². The van der Waals surface area contributed by atoms with Crippen LogP contribution in [0.1, 0.15) is 27.2 Å². The number of urea groups is 1. The van der Waals surface area contributed by atoms with E-state index in [1.807, 2.05) is 36.4 Å². The van der Waals surface area contributed by atoms with Crippen molar-refractivity contribution in [3.8, 4) is 0 Å². The lowest BCUT2D eigenvalue weighted by Gasteiger charge is -2.35. The molecule has 2 heterocycles. The molecule has 8 heteroatoms. The maximum absolute atomic E-state index is 12.7. The average molecular weight is 420 g/mol. The monoisotopic (exact) mass is 420 g/mol. The second-order valence-electron chi connectivity index (χ2n) is 7.88. The molecule has 0 saturated carbocycles. The average Bonchev–Trinajstić information content (AvgIpc) is 3.10. The Hall–Kier alpha value is -3.65. The summed E-state index contributed by atoms with van der Waals surface area (Å²) in [4.78, 5) is 39.2. The lowest BCUT2D eigenvalue weighted by molar-refractivity contribution is -0.112. The Morgan fingerprint density at radius 1 is 1.16 bits per heavy atom. The van der Waals surface area contributed by atoms with Gasteiger partial charge in [0.2, 0.25) is 0 Å². The molecule has 2 aromatic carbocycles. The molecule has 1 aromatic heterocycles. The minimum absolute atomic E-state index is 0.195. The van der Waals surface area contributed by atoms with Gasteiger partial charge >= 0.3 is 6.03 Å². The Bertz CT molecular complexity index is 1150. The van der Waals surface area contributed by atoms with Crippen LogP contribution in [0.2, 0.25) is 0 Å². The summed E-state index contributed by atoms with van der Waals surface area (Å²) in [5.41, 5.74) is 6.10. The molecular weight excluding hydrogens is 396 g/mol. The number of hydrogen-bond donors (Lipinski definition) is 2. The predicted molar refractivity (Wildman–Crippen MR) is 115 cm³/mol. The number of nitrogens with zero attached hydrogens (tertiary/aromatic N) is 3. The van der Waals surface area contributed by atoms with Gasteiger partial charge in [-0.25, -0.2) is 10.3 Å². The van der Waals surface area contributed by atoms with Crippen molar-refractivity contribution in [1.82, 2.24) is 19.8 Å². The number of para-hydroxylation sites is 1. The minimum atomic E-state index is -0.562. The molecule has 0 bridgehead atoms. The number of rotatable bonds is 4. The molecule has 31 heavy (non-hydrogen) atoms. The van der Waals surface area contributed by atoms with Gasteiger partial charge in [-0.3, -0.25) is 10.0 Å². The molecule has 0 fully saturated rings. The number of carbonyl (C=O) groups is 3. The van der Waals surface area contributed by atoms with Crippen LogP contribution in [-0.2, 0) is 24.3 Å². The zero-order valence-electron chi connectivity index (χ0n) is 17.4. The van der Waals surface area contributed by atoms with Crippen molar-refractivity contribution in [3.05, 3.63) is 70.9 Å². The summed E-state index contributed by atoms with van der Waals surface area (Å²) in [5, 5.41) is 9.88. The standard InChI is InChI=1S/C23H24N4O4/c1-25(2)23(30)26-13-21-19(11-17(26)14-28)18-5-3-4-6-20(18)27(21)12-15-7-9-16(10-8-15)22(29)24-31/h3-10,14,17,31H,11-13H2,1-2H3,(H,24,29). The van der Waals surface area contributed by atoms with Gasteiger partial charge in [0, 0.05) is 49.2 Å². The highest BCUT2D eigenvalue weighted by atomic mass is 16.5. The summed E-state index contributed by atoms with van der Waals surface area (Å²) >= 11 is 0. The lowest BCUT2D eigenvalue weighted by atomic mass is 9.97. The third-order valence-electron chi connectivity index (χ3n) is 5.77. The van der Waals surface area contributed by atoms with Crippen LogP contribution in [0.4, 0.5) is 4.79 Å². The lowest BCUT2D eigenvalue weighted by Crippen LogP contribution is -2.49. The summed E-state index contributed by atoms with van der Waals surface area (Å²) in [6, 6.07) is 14.3. The first kappa shape index (κ1) is 20.6. The third kappa shape index (κ3) is 3.66. The highest BCUT2D eigenvalue weighted by Crippen LogP contribution is 2.33. The van der Waals surface area contributed by atoms with Gasteiger partial charge in [0.05, 0.1) is 12.6 Å². The summed E-state index contributed by atoms with van der Waals surface area (Å²) in [7, 11) is 3.36. The first-order valence-electron chi connectivity index (χ1n) is 10.00. The Kier molecular flexibility index (Phi) is 5.48. The molecular formula is C23H24N4O4. The van der Waals surface area contributed by atoms with Crippen LogP contribution < -0.4 is 5.48 Å². The smallest absolute Gasteiger partial charge is 0.320 e. The summed E-state index contributed by atoms with van der Waals surface area (Å²) in [5.74, 6) is -0.562. The molecule has 0 radical (unpaired) electrons. The van der Waals surface area contributed by atoms with Crippen LogP contribution in [0.15, 0.2) is 48.5 Å². The second-order valence-corrected chi connectivity index (χ2v) is 7.88. The van der Waals surface area contributed by atoms with Crippen LogP contribution >= 0.6 is 0 Å². The Morgan fingerprint density at radius 3 is 2.52 bits per heavy atom. The number of nitrogens with one attached hydrogen (secondary N) is 1. The van der Waals surface area contributed by atoms with Crippen LogP contribution in [-0.4, -0.2) is 57.9 Å². The Balaban J connectivity index is 1.77. The van der Waals surface area contributed by atoms with Crippen molar-refractivity contribution in [2.24, 2.45) is 0 Å². The zero-order valence-corrected chi connectivity index (χ0v) is 17.4. The molecule has 1 unspecified atom stereocenters. The van der Waals surface area contributed by atoms with E-state index in [-0.39, 0.29) is 6.03 Å². The third-order valence-corrected chi connectivity index (χ3v) is 5.77. The molecule has 2 N–H and O–H groups in total. The quantitative estimate of drug-likeness (QED) is 0.385. The van der Waals surface area contributed by atoms with Gasteiger partial charge in [-0.05, 0) is 29.3 Å². The van der Waals surface area contributed by atoms with Crippen molar-refractivity contribution < 1.29 is 19.6 Å². The number of aromatic nitrogens is 1. The van der Waals surface area contributed by atoms with E-state index in [1.54, 1.807) is 36.6 Å². The van der Waals surface area contributed by atoms with Gasteiger partial charge in [0.1, 0.15) is 6.29 Å². The van der Waals surface area contributed by atoms with Crippen molar-refractivity contribution in [3.63, 3.8) is 0 Å². The number of hydroxylamine groups is 1. The first-order valence-corrected chi connectivity index (χ1v) is 10.00. The van der Waals surface area contributed by atoms with Crippen LogP contribution in [0.5, 0.6) is 0 Å². The maximum Gasteiger partial charge on any atom is 0.320 e. The molecule has 0 saturated heterocycles. The van der Waals surface area contributed by atoms with Crippen LogP contribution in [0, 0.1) is 0 Å². The van der Waals surface area contributed by atoms with E-state index in [1.165, 1.54) is 4.90 Å². The highest BCUT2D eigenvalue weighted by Gasteiger charge is 2.34. The fourth-order valence-corrected chi connectivity index (χ4v) is 4.21. The largest absolute Gasteiger partial charge is 0.338 e. The van der Waals surface area contributed by atoms with E-state index in [2.05, 4.69) is 4.57 Å². The summed E-state index contributed by atoms with van der Waals surface area (Å²) < 4.78 is 2.17. The summed E-state index contributed by atoms with van der Waals surface area (Å²) in [6.45, 7) is 0.891. The first-order chi connectivity index (χ1) is 14.9. The van der Waals surface area contributed by atoms with Gasteiger partial charge in [-0.1, -0.05) is 30.3 Å². The molecule has 3 amide bonds. The number of aldehydes is 1. The molecule has 1 atom stereocenters. The summed E-state index contributed by atoms with van der Waals surface area (Å²) in [6.07, 6.45) is 1.32. The minimum Gasteiger partial charge on any atom is -0.338 e. The fourth-order valence-electron chi connectivity index (χ4n) is 4.21. The Morgan fingerprint density at radius 2 is 1.87 bits per heavy atom. The molecule has 1 aliphatic heterocycles. The topological polar surface area (TPSA) is 94.9 Å². The van der Waals surface area contributed by atoms with Crippen molar-refractivity contribution >= 4 is 29.1 Å². The molecule has 1 aliphatic rings. The molecule has 0 aliphatic carbocycles. The zero-order chi connectivity index (χ0) is 22.1. The van der Waals surface area contributed by atoms with Crippen LogP contribution in [0.25, 0.3) is 10.9 Å². The van der Waals surface area contributed by atoms with E-state index in [0.29, 0.717) is 25.1 Å². The highest BCUT2D eigenvalue weighted by molar-refractivity contribution is 5.93. The van der Waals surface area contributed by atoms with E-state index in [9.17, 15) is 14.4 Å². The van der Waals surface area contributed by atoms with E-state index in [4.69, 9.17) is 5.21 Å². The molecule has 8 nitrogen and oxygen atoms in total. The van der Waals surface area contributed by atoms with Gasteiger partial charge < -0.3 is 19.2 Å². The van der Waals surface area contributed by atoms with Gasteiger partial charge in [0.15, 0.2) is 0 Å².